The number of sulfonamides is 1. The van der Waals surface area contributed by atoms with Gasteiger partial charge in [0, 0.05) is 5.02 Å². The number of rotatable bonds is 8. The fourth-order valence-electron chi connectivity index (χ4n) is 2.49. The molecule has 0 radical (unpaired) electrons. The molecular formula is C19H19ClN4O3S3. The number of nitrogens with zero attached hydrogens (tertiary/aromatic N) is 3. The topological polar surface area (TPSA) is 92.3 Å². The maximum atomic E-state index is 13.3. The summed E-state index contributed by atoms with van der Waals surface area (Å²) in [7, 11) is -4.00. The first-order valence-corrected chi connectivity index (χ1v) is 12.5. The van der Waals surface area contributed by atoms with Gasteiger partial charge in [-0.3, -0.25) is 14.4 Å². The van der Waals surface area contributed by atoms with Crippen LogP contribution in [0.15, 0.2) is 57.8 Å². The van der Waals surface area contributed by atoms with Crippen molar-refractivity contribution in [2.75, 3.05) is 21.9 Å². The molecule has 1 aromatic heterocycles. The number of nitrogens with one attached hydrogen (secondary N) is 1. The molecule has 0 spiro atoms. The first-order valence-electron chi connectivity index (χ1n) is 8.90. The Balaban J connectivity index is 1.88. The van der Waals surface area contributed by atoms with Crippen LogP contribution in [0.2, 0.25) is 5.02 Å². The second-order valence-electron chi connectivity index (χ2n) is 6.16. The van der Waals surface area contributed by atoms with Crippen molar-refractivity contribution in [3.8, 4) is 0 Å². The molecule has 1 heterocycles. The van der Waals surface area contributed by atoms with Crippen LogP contribution >= 0.6 is 34.7 Å². The number of aryl methyl sites for hydroxylation is 1. The molecule has 0 aliphatic heterocycles. The maximum absolute atomic E-state index is 13.3. The van der Waals surface area contributed by atoms with Crippen LogP contribution in [0.4, 0.5) is 10.8 Å². The Morgan fingerprint density at radius 2 is 1.80 bits per heavy atom. The van der Waals surface area contributed by atoms with Gasteiger partial charge < -0.3 is 0 Å². The minimum atomic E-state index is -4.00. The summed E-state index contributed by atoms with van der Waals surface area (Å²) in [4.78, 5) is 12.7. The molecular weight excluding hydrogens is 464 g/mol. The van der Waals surface area contributed by atoms with E-state index in [4.69, 9.17) is 11.6 Å². The van der Waals surface area contributed by atoms with Gasteiger partial charge in [-0.05, 0) is 49.1 Å². The van der Waals surface area contributed by atoms with E-state index in [-0.39, 0.29) is 4.90 Å². The number of halogens is 1. The molecule has 3 rings (SSSR count). The number of hydrogen-bond acceptors (Lipinski definition) is 7. The zero-order valence-corrected chi connectivity index (χ0v) is 19.4. The normalized spacial score (nSPS) is 11.3. The van der Waals surface area contributed by atoms with Crippen molar-refractivity contribution in [2.24, 2.45) is 0 Å². The van der Waals surface area contributed by atoms with Gasteiger partial charge >= 0.3 is 0 Å². The molecule has 7 nitrogen and oxygen atoms in total. The maximum Gasteiger partial charge on any atom is 0.264 e. The third-order valence-electron chi connectivity index (χ3n) is 3.93. The van der Waals surface area contributed by atoms with Gasteiger partial charge in [-0.2, -0.15) is 0 Å². The van der Waals surface area contributed by atoms with Crippen molar-refractivity contribution < 1.29 is 13.2 Å². The molecule has 0 saturated heterocycles. The summed E-state index contributed by atoms with van der Waals surface area (Å²) in [5.74, 6) is 0.320. The third kappa shape index (κ3) is 5.51. The van der Waals surface area contributed by atoms with Gasteiger partial charge in [0.25, 0.3) is 10.0 Å². The number of benzene rings is 2. The molecule has 0 saturated carbocycles. The lowest BCUT2D eigenvalue weighted by Crippen LogP contribution is -2.38. The van der Waals surface area contributed by atoms with E-state index in [1.54, 1.807) is 24.3 Å². The molecule has 1 amide bonds. The van der Waals surface area contributed by atoms with Crippen LogP contribution < -0.4 is 9.62 Å². The average molecular weight is 483 g/mol. The number of thioether (sulfide) groups is 1. The number of anilines is 2. The highest BCUT2D eigenvalue weighted by atomic mass is 35.5. The predicted molar refractivity (Wildman–Crippen MR) is 122 cm³/mol. The Morgan fingerprint density at radius 3 is 2.43 bits per heavy atom. The highest BCUT2D eigenvalue weighted by Crippen LogP contribution is 2.27. The van der Waals surface area contributed by atoms with E-state index < -0.39 is 22.5 Å². The number of amides is 1. The Labute approximate surface area is 188 Å². The van der Waals surface area contributed by atoms with Crippen molar-refractivity contribution >= 4 is 61.4 Å². The van der Waals surface area contributed by atoms with Crippen molar-refractivity contribution in [2.45, 2.75) is 23.1 Å². The Bertz CT molecular complexity index is 1120. The van der Waals surface area contributed by atoms with E-state index in [0.717, 1.165) is 20.0 Å². The molecule has 0 bridgehead atoms. The molecule has 0 atom stereocenters. The number of aromatic nitrogens is 2. The van der Waals surface area contributed by atoms with Crippen molar-refractivity contribution in [1.82, 2.24) is 10.2 Å². The number of carbonyl (C=O) groups excluding carboxylic acids is 1. The van der Waals surface area contributed by atoms with Crippen molar-refractivity contribution in [3.63, 3.8) is 0 Å². The van der Waals surface area contributed by atoms with E-state index in [1.807, 2.05) is 13.8 Å². The van der Waals surface area contributed by atoms with Crippen LogP contribution in [0.25, 0.3) is 0 Å². The minimum Gasteiger partial charge on any atom is -0.299 e. The molecule has 0 unspecified atom stereocenters. The zero-order valence-electron chi connectivity index (χ0n) is 16.2. The van der Waals surface area contributed by atoms with Gasteiger partial charge in [0.1, 0.15) is 6.54 Å². The Kier molecular flexibility index (Phi) is 7.35. The van der Waals surface area contributed by atoms with Crippen LogP contribution in [-0.2, 0) is 14.8 Å². The second kappa shape index (κ2) is 9.78. The van der Waals surface area contributed by atoms with E-state index >= 15 is 0 Å². The largest absolute Gasteiger partial charge is 0.299 e. The summed E-state index contributed by atoms with van der Waals surface area (Å²) in [6, 6.07) is 12.7. The van der Waals surface area contributed by atoms with E-state index in [1.165, 1.54) is 47.4 Å². The van der Waals surface area contributed by atoms with E-state index in [0.29, 0.717) is 15.8 Å². The van der Waals surface area contributed by atoms with Gasteiger partial charge in [-0.25, -0.2) is 8.42 Å². The van der Waals surface area contributed by atoms with Gasteiger partial charge in [0.05, 0.1) is 10.6 Å². The molecule has 11 heteroatoms. The molecule has 3 aromatic rings. The summed E-state index contributed by atoms with van der Waals surface area (Å²) in [6.07, 6.45) is 0. The fourth-order valence-corrected chi connectivity index (χ4v) is 5.70. The molecule has 158 valence electrons. The summed E-state index contributed by atoms with van der Waals surface area (Å²) in [6.45, 7) is 3.48. The van der Waals surface area contributed by atoms with Gasteiger partial charge in [-0.1, -0.05) is 59.3 Å². The molecule has 2 aromatic carbocycles. The second-order valence-corrected chi connectivity index (χ2v) is 10.9. The standard InChI is InChI=1S/C19H19ClN4O3S3/c1-3-28-19-23-22-18(29-19)21-17(25)12-24(15-8-4-13(2)5-9-15)30(26,27)16-10-6-14(20)7-11-16/h4-11H,3,12H2,1-2H3,(H,21,22,25). The Morgan fingerprint density at radius 1 is 1.13 bits per heavy atom. The van der Waals surface area contributed by atoms with Gasteiger partial charge in [0.2, 0.25) is 11.0 Å². The van der Waals surface area contributed by atoms with Gasteiger partial charge in [-0.15, -0.1) is 10.2 Å². The lowest BCUT2D eigenvalue weighted by atomic mass is 10.2. The molecule has 30 heavy (non-hydrogen) atoms. The van der Waals surface area contributed by atoms with Crippen LogP contribution in [-0.4, -0.2) is 36.8 Å². The molecule has 0 aliphatic carbocycles. The van der Waals surface area contributed by atoms with Crippen LogP contribution in [0.3, 0.4) is 0 Å². The highest BCUT2D eigenvalue weighted by Gasteiger charge is 2.27. The first kappa shape index (κ1) is 22.5. The average Bonchev–Trinajstić information content (AvgIpc) is 3.14. The van der Waals surface area contributed by atoms with Crippen molar-refractivity contribution in [3.05, 3.63) is 59.1 Å². The van der Waals surface area contributed by atoms with Crippen LogP contribution in [0, 0.1) is 6.92 Å². The lowest BCUT2D eigenvalue weighted by molar-refractivity contribution is -0.114. The third-order valence-corrected chi connectivity index (χ3v) is 7.83. The minimum absolute atomic E-state index is 0.0397. The summed E-state index contributed by atoms with van der Waals surface area (Å²) in [5, 5.41) is 11.3. The smallest absolute Gasteiger partial charge is 0.264 e. The number of carbonyl (C=O) groups is 1. The quantitative estimate of drug-likeness (QED) is 0.376. The first-order chi connectivity index (χ1) is 14.3. The summed E-state index contributed by atoms with van der Waals surface area (Å²) < 4.78 is 28.4. The monoisotopic (exact) mass is 482 g/mol. The zero-order chi connectivity index (χ0) is 21.7. The SMILES string of the molecule is CCSc1nnc(NC(=O)CN(c2ccc(C)cc2)S(=O)(=O)c2ccc(Cl)cc2)s1. The van der Waals surface area contributed by atoms with Crippen LogP contribution in [0.1, 0.15) is 12.5 Å². The molecule has 0 fully saturated rings. The Hall–Kier alpha value is -2.14. The lowest BCUT2D eigenvalue weighted by Gasteiger charge is -2.24. The van der Waals surface area contributed by atoms with Crippen LogP contribution in [0.5, 0.6) is 0 Å². The predicted octanol–water partition coefficient (Wildman–Crippen LogP) is 4.45. The summed E-state index contributed by atoms with van der Waals surface area (Å²) >= 11 is 8.65. The highest BCUT2D eigenvalue weighted by molar-refractivity contribution is 8.01. The van der Waals surface area contributed by atoms with Gasteiger partial charge in [0.15, 0.2) is 4.34 Å². The van der Waals surface area contributed by atoms with Crippen molar-refractivity contribution in [1.29, 1.82) is 0 Å². The molecule has 1 N–H and O–H groups in total. The van der Waals surface area contributed by atoms with E-state index in [2.05, 4.69) is 15.5 Å². The summed E-state index contributed by atoms with van der Waals surface area (Å²) in [5.41, 5.74) is 1.35. The molecule has 0 aliphatic rings. The fraction of sp³-hybridized carbons (Fsp3) is 0.211. The van der Waals surface area contributed by atoms with E-state index in [9.17, 15) is 13.2 Å². The number of hydrogen-bond donors (Lipinski definition) is 1.